The molecule has 0 spiro atoms. The number of pyridine rings is 1. The average molecular weight is 343 g/mol. The lowest BCUT2D eigenvalue weighted by Gasteiger charge is -2.08. The van der Waals surface area contributed by atoms with E-state index < -0.39 is 0 Å². The second-order valence-corrected chi connectivity index (χ2v) is 5.48. The van der Waals surface area contributed by atoms with Crippen LogP contribution in [0.5, 0.6) is 5.75 Å². The van der Waals surface area contributed by atoms with Gasteiger partial charge in [-0.3, -0.25) is 9.78 Å². The molecule has 3 rings (SSSR count). The normalized spacial score (nSPS) is 10.4. The molecule has 0 bridgehead atoms. The summed E-state index contributed by atoms with van der Waals surface area (Å²) in [6.07, 6.45) is 3.31. The molecule has 1 aromatic carbocycles. The number of nitrogens with one attached hydrogen (secondary N) is 1. The van der Waals surface area contributed by atoms with Gasteiger partial charge >= 0.3 is 0 Å². The summed E-state index contributed by atoms with van der Waals surface area (Å²) >= 11 is 5.79. The molecule has 0 aliphatic rings. The number of amides is 1. The Morgan fingerprint density at radius 1 is 1.17 bits per heavy atom. The van der Waals surface area contributed by atoms with Gasteiger partial charge in [0.05, 0.1) is 6.26 Å². The number of ether oxygens (including phenoxy) is 1. The Bertz CT molecular complexity index is 784. The molecule has 2 aromatic heterocycles. The first kappa shape index (κ1) is 16.1. The first-order valence-corrected chi connectivity index (χ1v) is 7.72. The summed E-state index contributed by atoms with van der Waals surface area (Å²) in [6, 6.07) is 14.3. The van der Waals surface area contributed by atoms with E-state index in [0.29, 0.717) is 23.1 Å². The van der Waals surface area contributed by atoms with Crippen LogP contribution in [0.15, 0.2) is 65.4 Å². The number of hydrogen-bond donors (Lipinski definition) is 1. The fourth-order valence-corrected chi connectivity index (χ4v) is 2.16. The highest BCUT2D eigenvalue weighted by atomic mass is 35.5. The van der Waals surface area contributed by atoms with Crippen molar-refractivity contribution in [3.05, 3.63) is 71.6 Å². The van der Waals surface area contributed by atoms with Gasteiger partial charge in [-0.05, 0) is 48.0 Å². The average Bonchev–Trinajstić information content (AvgIpc) is 3.14. The van der Waals surface area contributed by atoms with Crippen LogP contribution in [0.1, 0.15) is 5.56 Å². The van der Waals surface area contributed by atoms with Gasteiger partial charge in [0.2, 0.25) is 0 Å². The van der Waals surface area contributed by atoms with Gasteiger partial charge in [0, 0.05) is 17.8 Å². The van der Waals surface area contributed by atoms with Crippen LogP contribution in [-0.2, 0) is 11.3 Å². The van der Waals surface area contributed by atoms with Crippen molar-refractivity contribution in [3.63, 3.8) is 0 Å². The summed E-state index contributed by atoms with van der Waals surface area (Å²) in [5.74, 6) is 1.10. The second-order valence-electron chi connectivity index (χ2n) is 5.05. The molecule has 0 fully saturated rings. The molecule has 0 unspecified atom stereocenters. The lowest BCUT2D eigenvalue weighted by atomic mass is 10.2. The molecule has 0 saturated carbocycles. The zero-order chi connectivity index (χ0) is 16.8. The maximum Gasteiger partial charge on any atom is 0.258 e. The number of carbonyl (C=O) groups is 1. The monoisotopic (exact) mass is 342 g/mol. The zero-order valence-corrected chi connectivity index (χ0v) is 13.5. The Morgan fingerprint density at radius 3 is 2.67 bits per heavy atom. The Hall–Kier alpha value is -2.79. The topological polar surface area (TPSA) is 64.4 Å². The van der Waals surface area contributed by atoms with Gasteiger partial charge in [-0.25, -0.2) is 0 Å². The number of aromatic nitrogens is 1. The van der Waals surface area contributed by atoms with E-state index in [9.17, 15) is 4.79 Å². The minimum Gasteiger partial charge on any atom is -0.484 e. The van der Waals surface area contributed by atoms with Crippen molar-refractivity contribution in [2.75, 3.05) is 6.61 Å². The van der Waals surface area contributed by atoms with Crippen molar-refractivity contribution in [1.29, 1.82) is 0 Å². The largest absolute Gasteiger partial charge is 0.484 e. The molecular weight excluding hydrogens is 328 g/mol. The number of carbonyl (C=O) groups excluding carboxylic acids is 1. The second kappa shape index (κ2) is 7.66. The van der Waals surface area contributed by atoms with Gasteiger partial charge in [-0.2, -0.15) is 0 Å². The molecule has 1 amide bonds. The summed E-state index contributed by atoms with van der Waals surface area (Å²) in [6.45, 7) is 0.327. The maximum atomic E-state index is 11.8. The van der Waals surface area contributed by atoms with E-state index in [-0.39, 0.29) is 12.5 Å². The van der Waals surface area contributed by atoms with Gasteiger partial charge < -0.3 is 14.5 Å². The number of benzene rings is 1. The van der Waals surface area contributed by atoms with Crippen molar-refractivity contribution >= 4 is 17.5 Å². The van der Waals surface area contributed by atoms with E-state index in [1.807, 2.05) is 24.3 Å². The molecule has 0 saturated heterocycles. The minimum absolute atomic E-state index is 0.0560. The third-order valence-corrected chi connectivity index (χ3v) is 3.52. The summed E-state index contributed by atoms with van der Waals surface area (Å²) in [7, 11) is 0. The van der Waals surface area contributed by atoms with Crippen LogP contribution in [-0.4, -0.2) is 17.5 Å². The summed E-state index contributed by atoms with van der Waals surface area (Å²) in [5, 5.41) is 3.40. The van der Waals surface area contributed by atoms with Crippen LogP contribution in [0.3, 0.4) is 0 Å². The van der Waals surface area contributed by atoms with Gasteiger partial charge in [0.15, 0.2) is 12.4 Å². The highest BCUT2D eigenvalue weighted by Gasteiger charge is 2.05. The zero-order valence-electron chi connectivity index (χ0n) is 12.7. The number of hydrogen-bond acceptors (Lipinski definition) is 4. The molecule has 0 aliphatic carbocycles. The number of halogens is 1. The van der Waals surface area contributed by atoms with Crippen LogP contribution in [0, 0.1) is 0 Å². The summed E-state index contributed by atoms with van der Waals surface area (Å²) < 4.78 is 10.7. The Kier molecular flexibility index (Phi) is 5.13. The molecule has 0 aliphatic heterocycles. The van der Waals surface area contributed by atoms with Crippen molar-refractivity contribution < 1.29 is 13.9 Å². The fraction of sp³-hybridized carbons (Fsp3) is 0.111. The Balaban J connectivity index is 1.46. The molecule has 0 atom stereocenters. The van der Waals surface area contributed by atoms with Crippen LogP contribution >= 0.6 is 11.6 Å². The minimum atomic E-state index is -0.208. The molecule has 3 aromatic rings. The van der Waals surface area contributed by atoms with Crippen molar-refractivity contribution in [2.45, 2.75) is 6.54 Å². The first-order valence-electron chi connectivity index (χ1n) is 7.34. The van der Waals surface area contributed by atoms with Crippen molar-refractivity contribution in [1.82, 2.24) is 10.3 Å². The van der Waals surface area contributed by atoms with E-state index in [2.05, 4.69) is 10.3 Å². The van der Waals surface area contributed by atoms with Gasteiger partial charge in [-0.15, -0.1) is 0 Å². The molecule has 2 heterocycles. The van der Waals surface area contributed by atoms with E-state index >= 15 is 0 Å². The van der Waals surface area contributed by atoms with Crippen molar-refractivity contribution in [3.8, 4) is 17.2 Å². The SMILES string of the molecule is O=C(COc1ccc(Cl)cc1)NCc1ccc(-c2ccco2)nc1. The number of nitrogens with zero attached hydrogens (tertiary/aromatic N) is 1. The highest BCUT2D eigenvalue weighted by Crippen LogP contribution is 2.17. The first-order chi connectivity index (χ1) is 11.7. The van der Waals surface area contributed by atoms with E-state index in [0.717, 1.165) is 11.3 Å². The molecule has 6 heteroatoms. The molecule has 1 N–H and O–H groups in total. The lowest BCUT2D eigenvalue weighted by Crippen LogP contribution is -2.28. The molecule has 24 heavy (non-hydrogen) atoms. The molecular formula is C18H15ClN2O3. The standard InChI is InChI=1S/C18H15ClN2O3/c19-14-4-6-15(7-5-14)24-12-18(22)21-11-13-3-8-16(20-10-13)17-2-1-9-23-17/h1-10H,11-12H2,(H,21,22). The van der Waals surface area contributed by atoms with Gasteiger partial charge in [-0.1, -0.05) is 17.7 Å². The third kappa shape index (κ3) is 4.36. The maximum absolute atomic E-state index is 11.8. The Labute approximate surface area is 144 Å². The number of furan rings is 1. The molecule has 5 nitrogen and oxygen atoms in total. The third-order valence-electron chi connectivity index (χ3n) is 3.27. The van der Waals surface area contributed by atoms with Gasteiger partial charge in [0.25, 0.3) is 5.91 Å². The van der Waals surface area contributed by atoms with E-state index in [1.54, 1.807) is 36.7 Å². The van der Waals surface area contributed by atoms with Crippen LogP contribution in [0.4, 0.5) is 0 Å². The van der Waals surface area contributed by atoms with Crippen LogP contribution < -0.4 is 10.1 Å². The van der Waals surface area contributed by atoms with E-state index in [4.69, 9.17) is 20.8 Å². The summed E-state index contributed by atoms with van der Waals surface area (Å²) in [5.41, 5.74) is 1.64. The lowest BCUT2D eigenvalue weighted by molar-refractivity contribution is -0.123. The summed E-state index contributed by atoms with van der Waals surface area (Å²) in [4.78, 5) is 16.1. The predicted octanol–water partition coefficient (Wildman–Crippen LogP) is 3.69. The smallest absolute Gasteiger partial charge is 0.258 e. The molecule has 122 valence electrons. The van der Waals surface area contributed by atoms with Crippen molar-refractivity contribution in [2.24, 2.45) is 0 Å². The van der Waals surface area contributed by atoms with E-state index in [1.165, 1.54) is 0 Å². The van der Waals surface area contributed by atoms with Crippen LogP contribution in [0.25, 0.3) is 11.5 Å². The van der Waals surface area contributed by atoms with Gasteiger partial charge in [0.1, 0.15) is 11.4 Å². The Morgan fingerprint density at radius 2 is 2.00 bits per heavy atom. The predicted molar refractivity (Wildman–Crippen MR) is 90.7 cm³/mol. The number of rotatable bonds is 6. The fourth-order valence-electron chi connectivity index (χ4n) is 2.03. The quantitative estimate of drug-likeness (QED) is 0.742. The molecule has 0 radical (unpaired) electrons. The van der Waals surface area contributed by atoms with Crippen LogP contribution in [0.2, 0.25) is 5.02 Å². The highest BCUT2D eigenvalue weighted by molar-refractivity contribution is 6.30.